The summed E-state index contributed by atoms with van der Waals surface area (Å²) >= 11 is 0. The third-order valence-electron chi connectivity index (χ3n) is 2.09. The second-order valence-corrected chi connectivity index (χ2v) is 2.84. The minimum atomic E-state index is 0.423. The van der Waals surface area contributed by atoms with Crippen LogP contribution < -0.4 is 10.1 Å². The number of hydrogen-bond acceptors (Lipinski definition) is 4. The fraction of sp³-hybridized carbons (Fsp3) is 0.333. The summed E-state index contributed by atoms with van der Waals surface area (Å²) in [5.41, 5.74) is 2.40. The van der Waals surface area contributed by atoms with Gasteiger partial charge in [0.25, 0.3) is 0 Å². The number of anilines is 1. The third kappa shape index (κ3) is 1.18. The summed E-state index contributed by atoms with van der Waals surface area (Å²) in [5, 5.41) is 11.9. The number of nitrogens with one attached hydrogen (secondary N) is 1. The van der Waals surface area contributed by atoms with Crippen molar-refractivity contribution >= 4 is 5.69 Å². The topological polar surface area (TPSA) is 57.9 Å². The van der Waals surface area contributed by atoms with Crippen LogP contribution in [0.4, 0.5) is 5.69 Å². The van der Waals surface area contributed by atoms with E-state index in [1.807, 2.05) is 12.1 Å². The van der Waals surface area contributed by atoms with E-state index in [0.29, 0.717) is 11.6 Å². The van der Waals surface area contributed by atoms with Gasteiger partial charge in [0.15, 0.2) is 5.69 Å². The van der Waals surface area contributed by atoms with E-state index in [-0.39, 0.29) is 0 Å². The predicted octanol–water partition coefficient (Wildman–Crippen LogP) is 0.930. The van der Waals surface area contributed by atoms with Crippen molar-refractivity contribution in [1.82, 2.24) is 4.98 Å². The van der Waals surface area contributed by atoms with Gasteiger partial charge in [-0.15, -0.1) is 0 Å². The summed E-state index contributed by atoms with van der Waals surface area (Å²) in [6, 6.07) is 3.92. The number of fused-ring (bicyclic) bond motifs is 1. The quantitative estimate of drug-likeness (QED) is 0.689. The van der Waals surface area contributed by atoms with Gasteiger partial charge in [0.1, 0.15) is 6.07 Å². The number of ether oxygens (including phenoxy) is 1. The van der Waals surface area contributed by atoms with E-state index in [0.717, 1.165) is 24.2 Å². The summed E-state index contributed by atoms with van der Waals surface area (Å²) in [4.78, 5) is 4.04. The fourth-order valence-electron chi connectivity index (χ4n) is 1.47. The van der Waals surface area contributed by atoms with Gasteiger partial charge in [-0.3, -0.25) is 0 Å². The molecule has 0 bridgehead atoms. The van der Waals surface area contributed by atoms with Crippen LogP contribution >= 0.6 is 0 Å². The minimum Gasteiger partial charge on any atom is -0.481 e. The molecule has 0 amide bonds. The van der Waals surface area contributed by atoms with Gasteiger partial charge in [-0.2, -0.15) is 5.26 Å². The van der Waals surface area contributed by atoms with E-state index >= 15 is 0 Å². The minimum absolute atomic E-state index is 0.423. The van der Waals surface area contributed by atoms with Crippen molar-refractivity contribution in [3.63, 3.8) is 0 Å². The van der Waals surface area contributed by atoms with Crippen LogP contribution in [0.5, 0.6) is 5.88 Å². The normalized spacial score (nSPS) is 12.9. The van der Waals surface area contributed by atoms with Crippen LogP contribution in [0.15, 0.2) is 6.07 Å². The predicted molar refractivity (Wildman–Crippen MR) is 47.7 cm³/mol. The summed E-state index contributed by atoms with van der Waals surface area (Å²) in [5.74, 6) is 0.513. The molecule has 0 radical (unpaired) electrons. The van der Waals surface area contributed by atoms with Gasteiger partial charge < -0.3 is 10.1 Å². The van der Waals surface area contributed by atoms with E-state index in [9.17, 15) is 0 Å². The lowest BCUT2D eigenvalue weighted by Gasteiger charge is -2.04. The highest BCUT2D eigenvalue weighted by Gasteiger charge is 2.16. The summed E-state index contributed by atoms with van der Waals surface area (Å²) < 4.78 is 4.99. The first-order valence-corrected chi connectivity index (χ1v) is 4.07. The Labute approximate surface area is 76.2 Å². The summed E-state index contributed by atoms with van der Waals surface area (Å²) in [6.45, 7) is 0.874. The third-order valence-corrected chi connectivity index (χ3v) is 2.09. The molecule has 1 aliphatic rings. The Hall–Kier alpha value is -1.76. The molecule has 0 saturated carbocycles. The van der Waals surface area contributed by atoms with Gasteiger partial charge in [0, 0.05) is 12.6 Å². The van der Waals surface area contributed by atoms with Gasteiger partial charge in [0.2, 0.25) is 5.88 Å². The first-order chi connectivity index (χ1) is 6.35. The molecule has 1 aliphatic heterocycles. The van der Waals surface area contributed by atoms with E-state index < -0.39 is 0 Å². The van der Waals surface area contributed by atoms with Crippen LogP contribution in [0, 0.1) is 11.3 Å². The lowest BCUT2D eigenvalue weighted by Crippen LogP contribution is -1.97. The van der Waals surface area contributed by atoms with E-state index in [4.69, 9.17) is 10.00 Å². The number of nitriles is 1. The molecule has 1 N–H and O–H groups in total. The van der Waals surface area contributed by atoms with Crippen LogP contribution in [0.25, 0.3) is 0 Å². The molecule has 0 spiro atoms. The molecule has 66 valence electrons. The van der Waals surface area contributed by atoms with Crippen molar-refractivity contribution in [2.24, 2.45) is 0 Å². The average molecular weight is 175 g/mol. The monoisotopic (exact) mass is 175 g/mol. The molecular formula is C9H9N3O. The van der Waals surface area contributed by atoms with Crippen molar-refractivity contribution in [2.75, 3.05) is 19.0 Å². The Morgan fingerprint density at radius 1 is 1.69 bits per heavy atom. The zero-order valence-corrected chi connectivity index (χ0v) is 7.29. The van der Waals surface area contributed by atoms with Crippen LogP contribution in [-0.2, 0) is 6.42 Å². The standard InChI is InChI=1S/C9H9N3O/c1-13-8-4-6-2-3-11-9(6)7(5-10)12-8/h4,11H,2-3H2,1H3. The van der Waals surface area contributed by atoms with Crippen molar-refractivity contribution in [1.29, 1.82) is 5.26 Å². The SMILES string of the molecule is COc1cc2c(c(C#N)n1)NCC2. The largest absolute Gasteiger partial charge is 0.481 e. The summed E-state index contributed by atoms with van der Waals surface area (Å²) in [6.07, 6.45) is 0.933. The molecular weight excluding hydrogens is 166 g/mol. The number of aromatic nitrogens is 1. The molecule has 13 heavy (non-hydrogen) atoms. The second-order valence-electron chi connectivity index (χ2n) is 2.84. The van der Waals surface area contributed by atoms with E-state index in [1.54, 1.807) is 7.11 Å². The Kier molecular flexibility index (Phi) is 1.78. The number of methoxy groups -OCH3 is 1. The smallest absolute Gasteiger partial charge is 0.214 e. The zero-order chi connectivity index (χ0) is 9.26. The maximum atomic E-state index is 8.81. The first kappa shape index (κ1) is 7.87. The van der Waals surface area contributed by atoms with E-state index in [1.165, 1.54) is 0 Å². The highest BCUT2D eigenvalue weighted by molar-refractivity contribution is 5.63. The van der Waals surface area contributed by atoms with Crippen LogP contribution in [-0.4, -0.2) is 18.6 Å². The molecule has 0 unspecified atom stereocenters. The van der Waals surface area contributed by atoms with Gasteiger partial charge in [-0.25, -0.2) is 4.98 Å². The Morgan fingerprint density at radius 3 is 3.23 bits per heavy atom. The van der Waals surface area contributed by atoms with Crippen molar-refractivity contribution in [3.05, 3.63) is 17.3 Å². The molecule has 4 nitrogen and oxygen atoms in total. The first-order valence-electron chi connectivity index (χ1n) is 4.07. The Balaban J connectivity index is 2.57. The molecule has 1 aromatic rings. The van der Waals surface area contributed by atoms with Gasteiger partial charge in [0.05, 0.1) is 12.8 Å². The molecule has 2 heterocycles. The second kappa shape index (κ2) is 2.94. The molecule has 2 rings (SSSR count). The highest BCUT2D eigenvalue weighted by atomic mass is 16.5. The van der Waals surface area contributed by atoms with E-state index in [2.05, 4.69) is 10.3 Å². The molecule has 0 fully saturated rings. The molecule has 4 heteroatoms. The van der Waals surface area contributed by atoms with Gasteiger partial charge in [-0.1, -0.05) is 0 Å². The number of nitrogens with zero attached hydrogens (tertiary/aromatic N) is 2. The molecule has 1 aromatic heterocycles. The molecule has 0 aromatic carbocycles. The lowest BCUT2D eigenvalue weighted by molar-refractivity contribution is 0.397. The van der Waals surface area contributed by atoms with Crippen molar-refractivity contribution < 1.29 is 4.74 Å². The average Bonchev–Trinajstić information content (AvgIpc) is 2.63. The molecule has 0 saturated heterocycles. The van der Waals surface area contributed by atoms with Crippen LogP contribution in [0.1, 0.15) is 11.3 Å². The maximum Gasteiger partial charge on any atom is 0.214 e. The highest BCUT2D eigenvalue weighted by Crippen LogP contribution is 2.27. The Morgan fingerprint density at radius 2 is 2.54 bits per heavy atom. The van der Waals surface area contributed by atoms with Crippen molar-refractivity contribution in [3.8, 4) is 11.9 Å². The Bertz CT molecular complexity index is 381. The number of rotatable bonds is 1. The van der Waals surface area contributed by atoms with Gasteiger partial charge in [-0.05, 0) is 12.0 Å². The fourth-order valence-corrected chi connectivity index (χ4v) is 1.47. The van der Waals surface area contributed by atoms with Crippen LogP contribution in [0.3, 0.4) is 0 Å². The summed E-state index contributed by atoms with van der Waals surface area (Å²) in [7, 11) is 1.55. The number of hydrogen-bond donors (Lipinski definition) is 1. The van der Waals surface area contributed by atoms with Gasteiger partial charge >= 0.3 is 0 Å². The number of pyridine rings is 1. The van der Waals surface area contributed by atoms with Crippen LogP contribution in [0.2, 0.25) is 0 Å². The lowest BCUT2D eigenvalue weighted by atomic mass is 10.2. The maximum absolute atomic E-state index is 8.81. The zero-order valence-electron chi connectivity index (χ0n) is 7.29. The van der Waals surface area contributed by atoms with Crippen molar-refractivity contribution in [2.45, 2.75) is 6.42 Å². The molecule has 0 atom stereocenters. The molecule has 0 aliphatic carbocycles.